The van der Waals surface area contributed by atoms with E-state index in [2.05, 4.69) is 6.92 Å². The summed E-state index contributed by atoms with van der Waals surface area (Å²) in [4.78, 5) is 33.5. The molecule has 0 aliphatic rings. The highest BCUT2D eigenvalue weighted by Gasteiger charge is 2.26. The third-order valence-electron chi connectivity index (χ3n) is 4.77. The van der Waals surface area contributed by atoms with Crippen LogP contribution in [0.15, 0.2) is 0 Å². The minimum absolute atomic E-state index is 0.211. The number of hydrogen-bond donors (Lipinski definition) is 1. The molecule has 0 aromatic rings. The summed E-state index contributed by atoms with van der Waals surface area (Å²) in [6.07, 6.45) is 12.0. The van der Waals surface area contributed by atoms with Crippen LogP contribution in [0.5, 0.6) is 0 Å². The molecule has 0 radical (unpaired) electrons. The van der Waals surface area contributed by atoms with Crippen LogP contribution in [-0.4, -0.2) is 35.2 Å². The van der Waals surface area contributed by atoms with Crippen LogP contribution in [0.25, 0.3) is 0 Å². The van der Waals surface area contributed by atoms with E-state index in [0.29, 0.717) is 19.3 Å². The average molecular weight is 401 g/mol. The van der Waals surface area contributed by atoms with Gasteiger partial charge in [-0.3, -0.25) is 14.4 Å². The highest BCUT2D eigenvalue weighted by atomic mass is 16.6. The Bertz CT molecular complexity index is 435. The number of carbonyl (C=O) groups is 3. The molecule has 6 heteroatoms. The summed E-state index contributed by atoms with van der Waals surface area (Å²) >= 11 is 0. The maximum atomic E-state index is 11.5. The monoisotopic (exact) mass is 400 g/mol. The summed E-state index contributed by atoms with van der Waals surface area (Å²) in [6.45, 7) is 4.96. The van der Waals surface area contributed by atoms with Crippen molar-refractivity contribution >= 4 is 17.9 Å². The van der Waals surface area contributed by atoms with E-state index in [9.17, 15) is 14.4 Å². The molecule has 0 aliphatic heterocycles. The van der Waals surface area contributed by atoms with Crippen molar-refractivity contribution in [2.75, 3.05) is 0 Å². The maximum Gasteiger partial charge on any atom is 0.303 e. The average Bonchev–Trinajstić information content (AvgIpc) is 2.61. The van der Waals surface area contributed by atoms with Crippen molar-refractivity contribution in [3.05, 3.63) is 0 Å². The smallest absolute Gasteiger partial charge is 0.303 e. The van der Waals surface area contributed by atoms with Crippen LogP contribution in [-0.2, 0) is 23.9 Å². The number of ether oxygens (including phenoxy) is 2. The Balaban J connectivity index is 4.40. The van der Waals surface area contributed by atoms with Crippen LogP contribution in [0, 0.1) is 0 Å². The van der Waals surface area contributed by atoms with Gasteiger partial charge in [0.05, 0.1) is 0 Å². The second-order valence-electron chi connectivity index (χ2n) is 7.55. The molecule has 0 bridgehead atoms. The Labute approximate surface area is 170 Å². The lowest BCUT2D eigenvalue weighted by Gasteiger charge is -2.26. The van der Waals surface area contributed by atoms with Crippen molar-refractivity contribution < 1.29 is 29.0 Å². The first-order chi connectivity index (χ1) is 13.4. The van der Waals surface area contributed by atoms with E-state index < -0.39 is 12.1 Å². The SMILES string of the molecule is CCCCCCCCC(OC(C)=O)C(CCCCCCCC(=O)O)OC(C)=O. The first-order valence-corrected chi connectivity index (χ1v) is 10.9. The lowest BCUT2D eigenvalue weighted by molar-refractivity contribution is -0.166. The zero-order chi connectivity index (χ0) is 21.2. The van der Waals surface area contributed by atoms with Gasteiger partial charge >= 0.3 is 17.9 Å². The molecule has 0 spiro atoms. The second kappa shape index (κ2) is 17.5. The number of esters is 2. The molecule has 6 nitrogen and oxygen atoms in total. The second-order valence-corrected chi connectivity index (χ2v) is 7.55. The molecule has 2 atom stereocenters. The van der Waals surface area contributed by atoms with Gasteiger partial charge < -0.3 is 14.6 Å². The number of unbranched alkanes of at least 4 members (excludes halogenated alkanes) is 9. The molecule has 28 heavy (non-hydrogen) atoms. The fourth-order valence-electron chi connectivity index (χ4n) is 3.35. The number of carbonyl (C=O) groups excluding carboxylic acids is 2. The summed E-state index contributed by atoms with van der Waals surface area (Å²) < 4.78 is 11.0. The molecule has 164 valence electrons. The van der Waals surface area contributed by atoms with Gasteiger partial charge in [0.2, 0.25) is 0 Å². The Morgan fingerprint density at radius 2 is 1.07 bits per heavy atom. The largest absolute Gasteiger partial charge is 0.481 e. The predicted octanol–water partition coefficient (Wildman–Crippen LogP) is 5.42. The van der Waals surface area contributed by atoms with E-state index in [1.54, 1.807) is 0 Å². The molecule has 0 aromatic carbocycles. The highest BCUT2D eigenvalue weighted by Crippen LogP contribution is 2.20. The fraction of sp³-hybridized carbons (Fsp3) is 0.864. The molecule has 0 aromatic heterocycles. The zero-order valence-corrected chi connectivity index (χ0v) is 18.0. The molecule has 0 saturated carbocycles. The number of hydrogen-bond acceptors (Lipinski definition) is 5. The molecular formula is C22H40O6. The van der Waals surface area contributed by atoms with Gasteiger partial charge in [0.25, 0.3) is 0 Å². The van der Waals surface area contributed by atoms with Crippen LogP contribution in [0.3, 0.4) is 0 Å². The molecule has 0 rings (SSSR count). The number of carboxylic acid groups (broad SMARTS) is 1. The van der Waals surface area contributed by atoms with Crippen molar-refractivity contribution in [2.45, 2.75) is 123 Å². The van der Waals surface area contributed by atoms with Gasteiger partial charge in [-0.1, -0.05) is 58.3 Å². The van der Waals surface area contributed by atoms with Crippen LogP contribution in [0.1, 0.15) is 111 Å². The van der Waals surface area contributed by atoms with Crippen molar-refractivity contribution in [2.24, 2.45) is 0 Å². The van der Waals surface area contributed by atoms with E-state index in [1.807, 2.05) is 0 Å². The highest BCUT2D eigenvalue weighted by molar-refractivity contribution is 5.67. The summed E-state index contributed by atoms with van der Waals surface area (Å²) in [6, 6.07) is 0. The van der Waals surface area contributed by atoms with Crippen molar-refractivity contribution in [1.29, 1.82) is 0 Å². The third-order valence-corrected chi connectivity index (χ3v) is 4.77. The van der Waals surface area contributed by atoms with Gasteiger partial charge in [-0.2, -0.15) is 0 Å². The minimum atomic E-state index is -0.756. The van der Waals surface area contributed by atoms with Crippen LogP contribution >= 0.6 is 0 Å². The molecule has 0 heterocycles. The standard InChI is InChI=1S/C22H40O6/c1-4-5-6-7-9-12-15-20(27-18(2)23)21(28-19(3)24)16-13-10-8-11-14-17-22(25)26/h20-21H,4-17H2,1-3H3,(H,25,26). The minimum Gasteiger partial charge on any atom is -0.481 e. The predicted molar refractivity (Wildman–Crippen MR) is 109 cm³/mol. The van der Waals surface area contributed by atoms with Crippen molar-refractivity contribution in [1.82, 2.24) is 0 Å². The van der Waals surface area contributed by atoms with E-state index in [-0.39, 0.29) is 24.5 Å². The number of carboxylic acids is 1. The van der Waals surface area contributed by atoms with Gasteiger partial charge in [-0.05, 0) is 32.1 Å². The van der Waals surface area contributed by atoms with E-state index in [1.165, 1.54) is 39.5 Å². The molecular weight excluding hydrogens is 360 g/mol. The lowest BCUT2D eigenvalue weighted by atomic mass is 9.99. The molecule has 0 fully saturated rings. The van der Waals surface area contributed by atoms with Gasteiger partial charge in [0, 0.05) is 20.3 Å². The van der Waals surface area contributed by atoms with E-state index in [0.717, 1.165) is 38.5 Å². The summed E-state index contributed by atoms with van der Waals surface area (Å²) in [7, 11) is 0. The Hall–Kier alpha value is -1.59. The zero-order valence-electron chi connectivity index (χ0n) is 18.0. The normalized spacial score (nSPS) is 13.0. The number of rotatable bonds is 18. The first kappa shape index (κ1) is 26.4. The van der Waals surface area contributed by atoms with Crippen molar-refractivity contribution in [3.63, 3.8) is 0 Å². The van der Waals surface area contributed by atoms with Crippen LogP contribution in [0.4, 0.5) is 0 Å². The van der Waals surface area contributed by atoms with Crippen molar-refractivity contribution in [3.8, 4) is 0 Å². The first-order valence-electron chi connectivity index (χ1n) is 10.9. The molecule has 0 aliphatic carbocycles. The van der Waals surface area contributed by atoms with Crippen LogP contribution in [0.2, 0.25) is 0 Å². The van der Waals surface area contributed by atoms with E-state index in [4.69, 9.17) is 14.6 Å². The molecule has 1 N–H and O–H groups in total. The topological polar surface area (TPSA) is 89.9 Å². The Morgan fingerprint density at radius 1 is 0.679 bits per heavy atom. The quantitative estimate of drug-likeness (QED) is 0.244. The molecule has 2 unspecified atom stereocenters. The third kappa shape index (κ3) is 16.6. The molecule has 0 amide bonds. The summed E-state index contributed by atoms with van der Waals surface area (Å²) in [5.74, 6) is -1.46. The Kier molecular flexibility index (Phi) is 16.5. The van der Waals surface area contributed by atoms with Gasteiger partial charge in [-0.25, -0.2) is 0 Å². The summed E-state index contributed by atoms with van der Waals surface area (Å²) in [5, 5.41) is 8.65. The molecule has 0 saturated heterocycles. The van der Waals surface area contributed by atoms with Gasteiger partial charge in [-0.15, -0.1) is 0 Å². The maximum absolute atomic E-state index is 11.5. The van der Waals surface area contributed by atoms with Gasteiger partial charge in [0.15, 0.2) is 0 Å². The fourth-order valence-corrected chi connectivity index (χ4v) is 3.35. The van der Waals surface area contributed by atoms with Crippen LogP contribution < -0.4 is 0 Å². The van der Waals surface area contributed by atoms with E-state index >= 15 is 0 Å². The lowest BCUT2D eigenvalue weighted by Crippen LogP contribution is -2.34. The Morgan fingerprint density at radius 3 is 1.46 bits per heavy atom. The summed E-state index contributed by atoms with van der Waals surface area (Å²) in [5.41, 5.74) is 0. The number of aliphatic carboxylic acids is 1. The van der Waals surface area contributed by atoms with Gasteiger partial charge in [0.1, 0.15) is 12.2 Å².